The van der Waals surface area contributed by atoms with Gasteiger partial charge in [-0.05, 0) is 46.4 Å². The highest BCUT2D eigenvalue weighted by Crippen LogP contribution is 2.46. The Morgan fingerprint density at radius 1 is 1.14 bits per heavy atom. The second-order valence-corrected chi connectivity index (χ2v) is 9.36. The predicted octanol–water partition coefficient (Wildman–Crippen LogP) is 0.696. The monoisotopic (exact) mass is 415 g/mol. The van der Waals surface area contributed by atoms with Crippen LogP contribution in [0.2, 0.25) is 5.82 Å². The molecule has 0 bridgehead atoms. The van der Waals surface area contributed by atoms with Gasteiger partial charge in [-0.2, -0.15) is 0 Å². The number of hydrogen-bond donors (Lipinski definition) is 1. The minimum absolute atomic E-state index is 0.0395. The maximum atomic E-state index is 12.3. The third kappa shape index (κ3) is 7.10. The minimum atomic E-state index is -4.66. The summed E-state index contributed by atoms with van der Waals surface area (Å²) in [4.78, 5) is 12.3. The van der Waals surface area contributed by atoms with E-state index in [1.54, 1.807) is 0 Å². The molecule has 8 unspecified atom stereocenters. The van der Waals surface area contributed by atoms with Crippen LogP contribution in [0.4, 0.5) is 0 Å². The molecule has 158 valence electrons. The Morgan fingerprint density at radius 2 is 1.82 bits per heavy atom. The van der Waals surface area contributed by atoms with Crippen LogP contribution in [-0.4, -0.2) is 76.6 Å². The summed E-state index contributed by atoms with van der Waals surface area (Å²) in [6.07, 6.45) is -2.20. The molecule has 2 aliphatic rings. The van der Waals surface area contributed by atoms with Crippen LogP contribution < -0.4 is 4.89 Å². The van der Waals surface area contributed by atoms with E-state index in [0.717, 1.165) is 0 Å². The number of aliphatic hydroxyl groups excluding tert-OH is 1. The molecule has 2 rings (SSSR count). The molecule has 1 saturated carbocycles. The van der Waals surface area contributed by atoms with Crippen molar-refractivity contribution in [2.45, 2.75) is 89.0 Å². The summed E-state index contributed by atoms with van der Waals surface area (Å²) in [5, 5.41) is 10.2. The van der Waals surface area contributed by atoms with Gasteiger partial charge >= 0.3 is 0 Å². The maximum absolute atomic E-state index is 12.3. The SMILES string of the molecule is [B]C1CC(OP(=O)([O-])OCC2C(OC(C)C)CC([B])C2O)C(COC(C)C)O1. The number of hydrogen-bond acceptors (Lipinski definition) is 8. The van der Waals surface area contributed by atoms with E-state index < -0.39 is 43.9 Å². The maximum Gasteiger partial charge on any atom is 0.268 e. The van der Waals surface area contributed by atoms with Gasteiger partial charge in [-0.3, -0.25) is 4.57 Å². The molecule has 1 N–H and O–H groups in total. The van der Waals surface area contributed by atoms with E-state index in [1.807, 2.05) is 27.7 Å². The molecule has 8 atom stereocenters. The van der Waals surface area contributed by atoms with Gasteiger partial charge in [0.15, 0.2) is 0 Å². The van der Waals surface area contributed by atoms with E-state index >= 15 is 0 Å². The number of phosphoric ester groups is 1. The predicted molar refractivity (Wildman–Crippen MR) is 102 cm³/mol. The van der Waals surface area contributed by atoms with Crippen LogP contribution >= 0.6 is 7.82 Å². The Balaban J connectivity index is 1.92. The first kappa shape index (κ1) is 24.4. The quantitative estimate of drug-likeness (QED) is 0.411. The molecular weight excluding hydrogens is 385 g/mol. The first-order valence-electron chi connectivity index (χ1n) is 9.74. The molecule has 8 nitrogen and oxygen atoms in total. The second kappa shape index (κ2) is 10.4. The van der Waals surface area contributed by atoms with Crippen LogP contribution in [0.3, 0.4) is 0 Å². The fourth-order valence-corrected chi connectivity index (χ4v) is 4.47. The molecule has 28 heavy (non-hydrogen) atoms. The highest BCUT2D eigenvalue weighted by Gasteiger charge is 2.42. The Morgan fingerprint density at radius 3 is 2.43 bits per heavy atom. The normalized spacial score (nSPS) is 38.4. The lowest BCUT2D eigenvalue weighted by molar-refractivity contribution is -0.233. The van der Waals surface area contributed by atoms with Crippen molar-refractivity contribution in [2.24, 2.45) is 5.92 Å². The van der Waals surface area contributed by atoms with Crippen LogP contribution in [0.15, 0.2) is 0 Å². The number of ether oxygens (including phenoxy) is 3. The smallest absolute Gasteiger partial charge is 0.268 e. The summed E-state index contributed by atoms with van der Waals surface area (Å²) >= 11 is 0. The molecule has 1 heterocycles. The van der Waals surface area contributed by atoms with Gasteiger partial charge in [0.2, 0.25) is 0 Å². The van der Waals surface area contributed by atoms with Gasteiger partial charge < -0.3 is 33.3 Å². The van der Waals surface area contributed by atoms with E-state index in [0.29, 0.717) is 6.42 Å². The van der Waals surface area contributed by atoms with Crippen LogP contribution in [0.1, 0.15) is 40.5 Å². The fraction of sp³-hybridized carbons (Fsp3) is 1.00. The molecule has 0 aromatic heterocycles. The van der Waals surface area contributed by atoms with E-state index in [4.69, 9.17) is 39.0 Å². The zero-order chi connectivity index (χ0) is 21.1. The van der Waals surface area contributed by atoms with Crippen molar-refractivity contribution in [2.75, 3.05) is 13.2 Å². The van der Waals surface area contributed by atoms with Gasteiger partial charge in [-0.15, -0.1) is 0 Å². The van der Waals surface area contributed by atoms with E-state index in [1.165, 1.54) is 0 Å². The Bertz CT molecular complexity index is 535. The third-order valence-corrected chi connectivity index (χ3v) is 5.81. The zero-order valence-corrected chi connectivity index (χ0v) is 17.8. The number of aliphatic hydroxyl groups is 1. The number of rotatable bonds is 10. The fourth-order valence-electron chi connectivity index (χ4n) is 3.50. The van der Waals surface area contributed by atoms with Crippen molar-refractivity contribution < 1.29 is 37.8 Å². The third-order valence-electron chi connectivity index (χ3n) is 4.82. The van der Waals surface area contributed by atoms with Crippen LogP contribution in [0.25, 0.3) is 0 Å². The Kier molecular flexibility index (Phi) is 9.05. The molecule has 2 fully saturated rings. The molecule has 4 radical (unpaired) electrons. The highest BCUT2D eigenvalue weighted by molar-refractivity contribution is 7.45. The van der Waals surface area contributed by atoms with Crippen molar-refractivity contribution in [3.63, 3.8) is 0 Å². The van der Waals surface area contributed by atoms with Crippen LogP contribution in [0.5, 0.6) is 0 Å². The standard InChI is InChI=1S/C17H31B2O8P/c1-9(2)23-8-15-14(6-16(19)26-15)27-28(21,22)24-7-11-13(25-10(3)4)5-12(18)17(11)20/h9-17,20H,5-8H2,1-4H3,(H,21,22)/p-1. The molecule has 1 aliphatic heterocycles. The summed E-state index contributed by atoms with van der Waals surface area (Å²) in [7, 11) is 6.99. The summed E-state index contributed by atoms with van der Waals surface area (Å²) in [5.74, 6) is -1.06. The summed E-state index contributed by atoms with van der Waals surface area (Å²) in [5.41, 5.74) is 0. The van der Waals surface area contributed by atoms with Crippen molar-refractivity contribution in [1.29, 1.82) is 0 Å². The van der Waals surface area contributed by atoms with Gasteiger partial charge in [0, 0.05) is 11.9 Å². The van der Waals surface area contributed by atoms with Gasteiger partial charge in [-0.25, -0.2) is 0 Å². The topological polar surface area (TPSA) is 107 Å². The van der Waals surface area contributed by atoms with Crippen molar-refractivity contribution in [3.05, 3.63) is 0 Å². The highest BCUT2D eigenvalue weighted by atomic mass is 31.2. The average molecular weight is 415 g/mol. The van der Waals surface area contributed by atoms with Gasteiger partial charge in [0.1, 0.15) is 14.0 Å². The van der Waals surface area contributed by atoms with E-state index in [-0.39, 0.29) is 37.9 Å². The Hall–Kier alpha value is 0.0799. The minimum Gasteiger partial charge on any atom is -0.756 e. The lowest BCUT2D eigenvalue weighted by Gasteiger charge is -2.31. The lowest BCUT2D eigenvalue weighted by atomic mass is 9.83. The van der Waals surface area contributed by atoms with E-state index in [9.17, 15) is 14.6 Å². The van der Waals surface area contributed by atoms with Crippen LogP contribution in [-0.2, 0) is 27.8 Å². The van der Waals surface area contributed by atoms with Crippen molar-refractivity contribution in [1.82, 2.24) is 0 Å². The molecule has 0 amide bonds. The van der Waals surface area contributed by atoms with Gasteiger partial charge in [-0.1, -0.05) is 0 Å². The summed E-state index contributed by atoms with van der Waals surface area (Å²) in [6.45, 7) is 7.33. The first-order chi connectivity index (χ1) is 13.0. The Labute approximate surface area is 170 Å². The second-order valence-electron chi connectivity index (χ2n) is 7.99. The molecule has 1 aliphatic carbocycles. The largest absolute Gasteiger partial charge is 0.756 e. The van der Waals surface area contributed by atoms with E-state index in [2.05, 4.69) is 0 Å². The summed E-state index contributed by atoms with van der Waals surface area (Å²) < 4.78 is 39.3. The van der Waals surface area contributed by atoms with Gasteiger partial charge in [0.05, 0.1) is 51.6 Å². The van der Waals surface area contributed by atoms with Crippen LogP contribution in [0, 0.1) is 5.92 Å². The molecule has 0 spiro atoms. The summed E-state index contributed by atoms with van der Waals surface area (Å²) in [6, 6.07) is -0.635. The molecule has 11 heteroatoms. The molecule has 0 aromatic carbocycles. The molecule has 0 aromatic rings. The van der Waals surface area contributed by atoms with Gasteiger partial charge in [0.25, 0.3) is 7.82 Å². The number of phosphoric acid groups is 1. The first-order valence-corrected chi connectivity index (χ1v) is 11.2. The lowest BCUT2D eigenvalue weighted by Crippen LogP contribution is -2.34. The molecule has 1 saturated heterocycles. The average Bonchev–Trinajstić information content (AvgIpc) is 3.02. The molecular formula is C17H30B2O8P-. The van der Waals surface area contributed by atoms with Crippen molar-refractivity contribution in [3.8, 4) is 0 Å². The van der Waals surface area contributed by atoms with Crippen molar-refractivity contribution >= 4 is 23.5 Å². The zero-order valence-electron chi connectivity index (χ0n) is 16.9.